The van der Waals surface area contributed by atoms with E-state index in [0.29, 0.717) is 11.1 Å². The van der Waals surface area contributed by atoms with Crippen LogP contribution in [-0.2, 0) is 0 Å². The highest BCUT2D eigenvalue weighted by atomic mass is 19.1. The first kappa shape index (κ1) is 10.3. The van der Waals surface area contributed by atoms with Crippen molar-refractivity contribution in [3.05, 3.63) is 59.7 Å². The zero-order valence-corrected chi connectivity index (χ0v) is 8.24. The van der Waals surface area contributed by atoms with Crippen LogP contribution in [0.25, 0.3) is 11.1 Å². The number of hydrogen-bond acceptors (Lipinski definition) is 1. The third-order valence-electron chi connectivity index (χ3n) is 2.27. The molecule has 2 rings (SSSR count). The van der Waals surface area contributed by atoms with Gasteiger partial charge in [0.1, 0.15) is 11.6 Å². The topological polar surface area (TPSA) is 23.8 Å². The molecule has 0 bridgehead atoms. The monoisotopic (exact) mass is 215 g/mol. The molecule has 0 saturated heterocycles. The maximum absolute atomic E-state index is 13.5. The lowest BCUT2D eigenvalue weighted by Gasteiger charge is -2.05. The molecule has 16 heavy (non-hydrogen) atoms. The van der Waals surface area contributed by atoms with E-state index in [2.05, 4.69) is 0 Å². The highest BCUT2D eigenvalue weighted by Gasteiger charge is 2.09. The van der Waals surface area contributed by atoms with Crippen molar-refractivity contribution in [3.63, 3.8) is 0 Å². The average Bonchev–Trinajstić information content (AvgIpc) is 2.32. The molecule has 0 saturated carbocycles. The fourth-order valence-electron chi connectivity index (χ4n) is 1.52. The fourth-order valence-corrected chi connectivity index (χ4v) is 1.52. The van der Waals surface area contributed by atoms with Gasteiger partial charge in [-0.25, -0.2) is 8.78 Å². The van der Waals surface area contributed by atoms with E-state index in [1.54, 1.807) is 24.3 Å². The van der Waals surface area contributed by atoms with Gasteiger partial charge in [0, 0.05) is 11.1 Å². The summed E-state index contributed by atoms with van der Waals surface area (Å²) < 4.78 is 26.5. The Morgan fingerprint density at radius 2 is 1.69 bits per heavy atom. The number of nitriles is 1. The largest absolute Gasteiger partial charge is 0.207 e. The first-order valence-electron chi connectivity index (χ1n) is 4.67. The second-order valence-electron chi connectivity index (χ2n) is 3.28. The number of halogens is 2. The van der Waals surface area contributed by atoms with Crippen LogP contribution >= 0.6 is 0 Å². The Balaban J connectivity index is 2.68. The molecular weight excluding hydrogens is 208 g/mol. The van der Waals surface area contributed by atoms with E-state index >= 15 is 0 Å². The van der Waals surface area contributed by atoms with Crippen molar-refractivity contribution in [2.24, 2.45) is 0 Å². The fraction of sp³-hybridized carbons (Fsp3) is 0. The van der Waals surface area contributed by atoms with Crippen molar-refractivity contribution in [1.82, 2.24) is 0 Å². The quantitative estimate of drug-likeness (QED) is 0.714. The van der Waals surface area contributed by atoms with Crippen molar-refractivity contribution in [2.75, 3.05) is 0 Å². The summed E-state index contributed by atoms with van der Waals surface area (Å²) in [7, 11) is 0. The molecule has 0 aromatic heterocycles. The normalized spacial score (nSPS) is 9.81. The number of nitrogens with zero attached hydrogens (tertiary/aromatic N) is 1. The molecule has 0 heterocycles. The molecule has 0 atom stereocenters. The average molecular weight is 215 g/mol. The minimum absolute atomic E-state index is 0.108. The van der Waals surface area contributed by atoms with Crippen molar-refractivity contribution in [3.8, 4) is 17.2 Å². The lowest BCUT2D eigenvalue weighted by molar-refractivity contribution is 0.603. The molecule has 0 unspecified atom stereocenters. The summed E-state index contributed by atoms with van der Waals surface area (Å²) in [6.45, 7) is 0. The predicted molar refractivity (Wildman–Crippen MR) is 56.5 cm³/mol. The van der Waals surface area contributed by atoms with Crippen LogP contribution in [0.15, 0.2) is 42.5 Å². The Hall–Kier alpha value is -2.21. The van der Waals surface area contributed by atoms with Crippen molar-refractivity contribution < 1.29 is 8.78 Å². The van der Waals surface area contributed by atoms with Crippen LogP contribution in [0.4, 0.5) is 8.78 Å². The minimum atomic E-state index is -0.538. The molecule has 0 amide bonds. The van der Waals surface area contributed by atoms with Gasteiger partial charge in [-0.3, -0.25) is 0 Å². The van der Waals surface area contributed by atoms with E-state index in [-0.39, 0.29) is 5.56 Å². The third kappa shape index (κ3) is 1.78. The zero-order valence-electron chi connectivity index (χ0n) is 8.24. The van der Waals surface area contributed by atoms with Crippen LogP contribution in [0.3, 0.4) is 0 Å². The van der Waals surface area contributed by atoms with Crippen molar-refractivity contribution in [2.45, 2.75) is 0 Å². The Kier molecular flexibility index (Phi) is 2.65. The highest BCUT2D eigenvalue weighted by molar-refractivity contribution is 5.70. The molecule has 2 aromatic carbocycles. The maximum atomic E-state index is 13.5. The number of benzene rings is 2. The van der Waals surface area contributed by atoms with Gasteiger partial charge in [0.2, 0.25) is 0 Å². The number of rotatable bonds is 1. The zero-order chi connectivity index (χ0) is 11.5. The van der Waals surface area contributed by atoms with E-state index < -0.39 is 11.6 Å². The highest BCUT2D eigenvalue weighted by Crippen LogP contribution is 2.26. The second kappa shape index (κ2) is 4.11. The smallest absolute Gasteiger partial charge is 0.131 e. The van der Waals surface area contributed by atoms with Crippen LogP contribution in [-0.4, -0.2) is 0 Å². The molecule has 0 aliphatic carbocycles. The first-order chi connectivity index (χ1) is 7.72. The molecule has 1 nitrogen and oxygen atoms in total. The summed E-state index contributed by atoms with van der Waals surface area (Å²) >= 11 is 0. The van der Waals surface area contributed by atoms with Crippen LogP contribution in [0.2, 0.25) is 0 Å². The Bertz CT molecular complexity index is 570. The predicted octanol–water partition coefficient (Wildman–Crippen LogP) is 3.50. The Morgan fingerprint density at radius 3 is 2.44 bits per heavy atom. The molecule has 78 valence electrons. The molecule has 0 N–H and O–H groups in total. The molecular formula is C13H7F2N. The van der Waals surface area contributed by atoms with Crippen molar-refractivity contribution >= 4 is 0 Å². The lowest BCUT2D eigenvalue weighted by Crippen LogP contribution is -1.89. The van der Waals surface area contributed by atoms with Crippen molar-refractivity contribution in [1.29, 1.82) is 5.26 Å². The molecule has 2 aromatic rings. The van der Waals surface area contributed by atoms with Crippen LogP contribution in [0, 0.1) is 23.0 Å². The summed E-state index contributed by atoms with van der Waals surface area (Å²) in [6.07, 6.45) is 0. The molecule has 3 heteroatoms. The third-order valence-corrected chi connectivity index (χ3v) is 2.27. The van der Waals surface area contributed by atoms with E-state index in [4.69, 9.17) is 5.26 Å². The van der Waals surface area contributed by atoms with Gasteiger partial charge in [-0.15, -0.1) is 0 Å². The van der Waals surface area contributed by atoms with Crippen LogP contribution in [0.5, 0.6) is 0 Å². The van der Waals surface area contributed by atoms with Crippen LogP contribution < -0.4 is 0 Å². The Labute approximate surface area is 91.6 Å². The van der Waals surface area contributed by atoms with Gasteiger partial charge in [0.15, 0.2) is 0 Å². The van der Waals surface area contributed by atoms with E-state index in [1.165, 1.54) is 0 Å². The lowest BCUT2D eigenvalue weighted by atomic mass is 10.00. The second-order valence-corrected chi connectivity index (χ2v) is 3.28. The molecule has 0 spiro atoms. The van der Waals surface area contributed by atoms with E-state index in [1.807, 2.05) is 6.07 Å². The molecule has 0 aliphatic rings. The summed E-state index contributed by atoms with van der Waals surface area (Å²) in [5, 5.41) is 8.87. The first-order valence-corrected chi connectivity index (χ1v) is 4.67. The molecule has 0 aliphatic heterocycles. The van der Waals surface area contributed by atoms with E-state index in [9.17, 15) is 8.78 Å². The standard InChI is InChI=1S/C13H7F2N/c14-10-5-6-13(15)12(7-10)11-4-2-1-3-9(11)8-16/h1-7H. The molecule has 0 radical (unpaired) electrons. The van der Waals surface area contributed by atoms with Gasteiger partial charge in [0.05, 0.1) is 11.6 Å². The van der Waals surface area contributed by atoms with Gasteiger partial charge >= 0.3 is 0 Å². The summed E-state index contributed by atoms with van der Waals surface area (Å²) in [5.41, 5.74) is 0.839. The molecule has 0 fully saturated rings. The van der Waals surface area contributed by atoms with Crippen LogP contribution in [0.1, 0.15) is 5.56 Å². The van der Waals surface area contributed by atoms with Gasteiger partial charge < -0.3 is 0 Å². The summed E-state index contributed by atoms with van der Waals surface area (Å²) in [4.78, 5) is 0. The summed E-state index contributed by atoms with van der Waals surface area (Å²) in [6, 6.07) is 11.7. The Morgan fingerprint density at radius 1 is 0.938 bits per heavy atom. The number of hydrogen-bond donors (Lipinski definition) is 0. The summed E-state index contributed by atoms with van der Waals surface area (Å²) in [5.74, 6) is -1.06. The van der Waals surface area contributed by atoms with Gasteiger partial charge in [0.25, 0.3) is 0 Å². The van der Waals surface area contributed by atoms with Gasteiger partial charge in [-0.1, -0.05) is 18.2 Å². The maximum Gasteiger partial charge on any atom is 0.131 e. The van der Waals surface area contributed by atoms with Gasteiger partial charge in [-0.2, -0.15) is 5.26 Å². The van der Waals surface area contributed by atoms with Gasteiger partial charge in [-0.05, 0) is 24.3 Å². The SMILES string of the molecule is N#Cc1ccccc1-c1cc(F)ccc1F. The van der Waals surface area contributed by atoms with E-state index in [0.717, 1.165) is 18.2 Å². The minimum Gasteiger partial charge on any atom is -0.207 e.